The highest BCUT2D eigenvalue weighted by atomic mass is 32.2. The van der Waals surface area contributed by atoms with E-state index >= 15 is 0 Å². The fourth-order valence-corrected chi connectivity index (χ4v) is 5.10. The fourth-order valence-electron chi connectivity index (χ4n) is 3.37. The molecule has 2 fully saturated rings. The van der Waals surface area contributed by atoms with E-state index in [1.807, 2.05) is 0 Å². The predicted octanol–water partition coefficient (Wildman–Crippen LogP) is 1.07. The van der Waals surface area contributed by atoms with Gasteiger partial charge in [-0.05, 0) is 31.1 Å². The lowest BCUT2D eigenvalue weighted by atomic mass is 9.92. The average Bonchev–Trinajstić information content (AvgIpc) is 2.31. The Bertz CT molecular complexity index is 389. The molecule has 0 bridgehead atoms. The van der Waals surface area contributed by atoms with E-state index in [4.69, 9.17) is 5.73 Å². The van der Waals surface area contributed by atoms with E-state index in [1.54, 1.807) is 4.31 Å². The highest BCUT2D eigenvalue weighted by Gasteiger charge is 2.33. The van der Waals surface area contributed by atoms with Crippen LogP contribution in [-0.2, 0) is 10.2 Å². The lowest BCUT2D eigenvalue weighted by molar-refractivity contribution is 0.217. The van der Waals surface area contributed by atoms with Crippen molar-refractivity contribution in [3.63, 3.8) is 0 Å². The molecule has 0 aromatic heterocycles. The topological polar surface area (TPSA) is 75.4 Å². The zero-order chi connectivity index (χ0) is 14.0. The second kappa shape index (κ2) is 6.08. The third kappa shape index (κ3) is 3.90. The summed E-state index contributed by atoms with van der Waals surface area (Å²) in [6.45, 7) is 5.48. The van der Waals surface area contributed by atoms with E-state index in [9.17, 15) is 8.42 Å². The Morgan fingerprint density at radius 2 is 1.68 bits per heavy atom. The van der Waals surface area contributed by atoms with Crippen LogP contribution in [-0.4, -0.2) is 37.9 Å². The summed E-state index contributed by atoms with van der Waals surface area (Å²) >= 11 is 0. The lowest BCUT2D eigenvalue weighted by Gasteiger charge is -2.36. The molecule has 1 heterocycles. The number of rotatable bonds is 3. The maximum Gasteiger partial charge on any atom is 0.279 e. The van der Waals surface area contributed by atoms with E-state index < -0.39 is 10.2 Å². The Labute approximate surface area is 117 Å². The van der Waals surface area contributed by atoms with Gasteiger partial charge in [0.25, 0.3) is 10.2 Å². The van der Waals surface area contributed by atoms with E-state index in [0.717, 1.165) is 32.1 Å². The molecular weight excluding hydrogens is 262 g/mol. The predicted molar refractivity (Wildman–Crippen MR) is 76.8 cm³/mol. The molecule has 0 amide bonds. The number of hydrogen-bond acceptors (Lipinski definition) is 3. The van der Waals surface area contributed by atoms with Gasteiger partial charge in [-0.1, -0.05) is 26.7 Å². The van der Waals surface area contributed by atoms with Crippen molar-refractivity contribution in [3.8, 4) is 0 Å². The molecule has 0 aromatic rings. The van der Waals surface area contributed by atoms with Gasteiger partial charge in [0.2, 0.25) is 0 Å². The largest absolute Gasteiger partial charge is 0.326 e. The molecular formula is C13H27N3O2S. The highest BCUT2D eigenvalue weighted by molar-refractivity contribution is 7.87. The van der Waals surface area contributed by atoms with Gasteiger partial charge in [0, 0.05) is 25.2 Å². The van der Waals surface area contributed by atoms with E-state index in [2.05, 4.69) is 18.6 Å². The number of nitrogens with two attached hydrogens (primary N) is 1. The molecule has 1 saturated heterocycles. The van der Waals surface area contributed by atoms with Crippen molar-refractivity contribution in [1.82, 2.24) is 9.03 Å². The fraction of sp³-hybridized carbons (Fsp3) is 1.00. The zero-order valence-electron chi connectivity index (χ0n) is 12.0. The second-order valence-corrected chi connectivity index (χ2v) is 8.14. The Balaban J connectivity index is 2.01. The van der Waals surface area contributed by atoms with Gasteiger partial charge in [0.1, 0.15) is 0 Å². The standard InChI is InChI=1S/C13H27N3O2S/c1-10-7-11(2)9-16(8-10)19(17,18)15-13-6-4-3-5-12(13)14/h10-13,15H,3-9,14H2,1-2H3. The monoisotopic (exact) mass is 289 g/mol. The molecule has 112 valence electrons. The molecule has 0 radical (unpaired) electrons. The van der Waals surface area contributed by atoms with Crippen molar-refractivity contribution >= 4 is 10.2 Å². The minimum absolute atomic E-state index is 0.0387. The zero-order valence-corrected chi connectivity index (χ0v) is 12.8. The van der Waals surface area contributed by atoms with Crippen molar-refractivity contribution < 1.29 is 8.42 Å². The third-order valence-electron chi connectivity index (χ3n) is 4.29. The van der Waals surface area contributed by atoms with Gasteiger partial charge in [0.15, 0.2) is 0 Å². The molecule has 19 heavy (non-hydrogen) atoms. The van der Waals surface area contributed by atoms with Crippen LogP contribution < -0.4 is 10.5 Å². The third-order valence-corrected chi connectivity index (χ3v) is 5.87. The second-order valence-electron chi connectivity index (χ2n) is 6.44. The first kappa shape index (κ1) is 15.2. The summed E-state index contributed by atoms with van der Waals surface area (Å²) in [4.78, 5) is 0. The first-order chi connectivity index (χ1) is 8.88. The lowest BCUT2D eigenvalue weighted by Crippen LogP contribution is -2.55. The summed E-state index contributed by atoms with van der Waals surface area (Å²) in [5, 5.41) is 0. The molecule has 5 nitrogen and oxygen atoms in total. The molecule has 2 aliphatic rings. The molecule has 4 unspecified atom stereocenters. The molecule has 3 N–H and O–H groups in total. The van der Waals surface area contributed by atoms with Crippen molar-refractivity contribution in [2.75, 3.05) is 13.1 Å². The van der Waals surface area contributed by atoms with Crippen molar-refractivity contribution in [2.24, 2.45) is 17.6 Å². The Morgan fingerprint density at radius 1 is 1.11 bits per heavy atom. The Hall–Kier alpha value is -0.170. The SMILES string of the molecule is CC1CC(C)CN(S(=O)(=O)NC2CCCCC2N)C1. The Kier molecular flexibility index (Phi) is 4.87. The van der Waals surface area contributed by atoms with Crippen LogP contribution in [0.1, 0.15) is 46.0 Å². The smallest absolute Gasteiger partial charge is 0.279 e. The first-order valence-corrected chi connectivity index (χ1v) is 8.85. The number of piperidine rings is 1. The maximum atomic E-state index is 12.4. The van der Waals surface area contributed by atoms with Gasteiger partial charge in [-0.3, -0.25) is 0 Å². The summed E-state index contributed by atoms with van der Waals surface area (Å²) in [7, 11) is -3.38. The number of nitrogens with zero attached hydrogens (tertiary/aromatic N) is 1. The summed E-state index contributed by atoms with van der Waals surface area (Å²) in [6.07, 6.45) is 5.05. The molecule has 0 spiro atoms. The van der Waals surface area contributed by atoms with Crippen LogP contribution in [0.2, 0.25) is 0 Å². The summed E-state index contributed by atoms with van der Waals surface area (Å²) in [5.74, 6) is 0.862. The minimum Gasteiger partial charge on any atom is -0.326 e. The minimum atomic E-state index is -3.38. The molecule has 1 aliphatic carbocycles. The number of hydrogen-bond donors (Lipinski definition) is 2. The summed E-state index contributed by atoms with van der Waals surface area (Å²) in [6, 6.07) is -0.130. The molecule has 6 heteroatoms. The van der Waals surface area contributed by atoms with Crippen LogP contribution >= 0.6 is 0 Å². The van der Waals surface area contributed by atoms with Crippen molar-refractivity contribution in [3.05, 3.63) is 0 Å². The average molecular weight is 289 g/mol. The van der Waals surface area contributed by atoms with E-state index in [1.165, 1.54) is 0 Å². The van der Waals surface area contributed by atoms with Crippen LogP contribution in [0.25, 0.3) is 0 Å². The van der Waals surface area contributed by atoms with Crippen LogP contribution in [0.15, 0.2) is 0 Å². The first-order valence-electron chi connectivity index (χ1n) is 7.41. The highest BCUT2D eigenvalue weighted by Crippen LogP contribution is 2.24. The van der Waals surface area contributed by atoms with Crippen LogP contribution in [0, 0.1) is 11.8 Å². The summed E-state index contributed by atoms with van der Waals surface area (Å²) < 4.78 is 29.3. The van der Waals surface area contributed by atoms with Crippen LogP contribution in [0.5, 0.6) is 0 Å². The molecule has 1 saturated carbocycles. The van der Waals surface area contributed by atoms with Gasteiger partial charge in [-0.2, -0.15) is 17.4 Å². The van der Waals surface area contributed by atoms with Gasteiger partial charge in [0.05, 0.1) is 0 Å². The van der Waals surface area contributed by atoms with Crippen LogP contribution in [0.3, 0.4) is 0 Å². The summed E-state index contributed by atoms with van der Waals surface area (Å²) in [5.41, 5.74) is 6.02. The molecule has 1 aliphatic heterocycles. The van der Waals surface area contributed by atoms with Crippen molar-refractivity contribution in [2.45, 2.75) is 58.0 Å². The van der Waals surface area contributed by atoms with Gasteiger partial charge >= 0.3 is 0 Å². The van der Waals surface area contributed by atoms with Crippen molar-refractivity contribution in [1.29, 1.82) is 0 Å². The van der Waals surface area contributed by atoms with E-state index in [-0.39, 0.29) is 12.1 Å². The van der Waals surface area contributed by atoms with Gasteiger partial charge < -0.3 is 5.73 Å². The normalized spacial score (nSPS) is 38.3. The van der Waals surface area contributed by atoms with Gasteiger partial charge in [-0.15, -0.1) is 0 Å². The van der Waals surface area contributed by atoms with Crippen LogP contribution in [0.4, 0.5) is 0 Å². The molecule has 4 atom stereocenters. The number of nitrogens with one attached hydrogen (secondary N) is 1. The molecule has 2 rings (SSSR count). The van der Waals surface area contributed by atoms with Gasteiger partial charge in [-0.25, -0.2) is 0 Å². The molecule has 0 aromatic carbocycles. The maximum absolute atomic E-state index is 12.4. The Morgan fingerprint density at radius 3 is 2.26 bits per heavy atom. The quantitative estimate of drug-likeness (QED) is 0.816. The van der Waals surface area contributed by atoms with E-state index in [0.29, 0.717) is 24.9 Å².